The highest BCUT2D eigenvalue weighted by molar-refractivity contribution is 5.69. The smallest absolute Gasteiger partial charge is 0.410 e. The molecule has 0 aliphatic carbocycles. The standard InChI is InChI=1S/C56H59NO11/c1-41(58)66-52-50(40-61-34-43-22-10-3-11-23-43)67-55(54(64-37-46-28-16-6-17-29-46)53(52)63-36-45-26-14-5-15-27-45)68-51-48(39-60-33-42-20-8-2-9-21-42)57(56(59)65-38-47-30-18-7-19-31-47)32-49(51)62-35-44-24-12-4-13-25-44/h2-31,48-55H,32-40H2,1H3/t48-,49-,50-,51-,52+,53+,54-,55?/m1/s1/i34D,36D,37D/t34?,36?,37?,48-,49-,50-,51-,52+,53+,54-,55?. The van der Waals surface area contributed by atoms with Gasteiger partial charge in [-0.05, 0) is 33.4 Å². The zero-order valence-corrected chi connectivity index (χ0v) is 37.9. The van der Waals surface area contributed by atoms with E-state index in [0.29, 0.717) is 16.7 Å². The Morgan fingerprint density at radius 3 is 1.53 bits per heavy atom. The summed E-state index contributed by atoms with van der Waals surface area (Å²) in [5.41, 5.74) is 4.16. The minimum absolute atomic E-state index is 0.00870. The Labute approximate surface area is 402 Å². The first kappa shape index (κ1) is 44.3. The quantitative estimate of drug-likeness (QED) is 0.0607. The van der Waals surface area contributed by atoms with Crippen LogP contribution in [-0.2, 0) is 87.0 Å². The number of rotatable bonds is 22. The zero-order valence-electron chi connectivity index (χ0n) is 40.9. The molecular formula is C56H59NO11. The highest BCUT2D eigenvalue weighted by Crippen LogP contribution is 2.35. The second kappa shape index (κ2) is 25.2. The molecule has 4 unspecified atom stereocenters. The van der Waals surface area contributed by atoms with Crippen LogP contribution in [0.1, 0.15) is 44.4 Å². The van der Waals surface area contributed by atoms with Gasteiger partial charge in [-0.2, -0.15) is 0 Å². The van der Waals surface area contributed by atoms with Gasteiger partial charge in [0.1, 0.15) is 37.1 Å². The average Bonchev–Trinajstić information content (AvgIpc) is 3.75. The van der Waals surface area contributed by atoms with Crippen molar-refractivity contribution in [1.29, 1.82) is 0 Å². The van der Waals surface area contributed by atoms with E-state index in [1.807, 2.05) is 109 Å². The van der Waals surface area contributed by atoms with E-state index in [1.165, 1.54) is 6.92 Å². The molecule has 0 aromatic heterocycles. The van der Waals surface area contributed by atoms with Crippen LogP contribution >= 0.6 is 0 Å². The lowest BCUT2D eigenvalue weighted by molar-refractivity contribution is -0.336. The predicted molar refractivity (Wildman–Crippen MR) is 253 cm³/mol. The van der Waals surface area contributed by atoms with E-state index in [-0.39, 0.29) is 39.6 Å². The molecule has 2 saturated heterocycles. The summed E-state index contributed by atoms with van der Waals surface area (Å²) in [4.78, 5) is 29.0. The number of benzene rings is 6. The van der Waals surface area contributed by atoms with Gasteiger partial charge in [0.2, 0.25) is 0 Å². The van der Waals surface area contributed by atoms with Crippen LogP contribution < -0.4 is 0 Å². The molecule has 2 aliphatic heterocycles. The van der Waals surface area contributed by atoms with Crippen molar-refractivity contribution in [2.24, 2.45) is 0 Å². The summed E-state index contributed by atoms with van der Waals surface area (Å²) in [6.07, 6.45) is -9.13. The van der Waals surface area contributed by atoms with Crippen LogP contribution in [0.3, 0.4) is 0 Å². The van der Waals surface area contributed by atoms with Gasteiger partial charge in [0.25, 0.3) is 0 Å². The Bertz CT molecular complexity index is 2510. The normalized spacial score (nSPS) is 24.4. The Balaban J connectivity index is 1.19. The number of likely N-dealkylation sites (tertiary alicyclic amines) is 1. The topological polar surface area (TPSA) is 120 Å². The second-order valence-corrected chi connectivity index (χ2v) is 16.4. The number of ether oxygens (including phenoxy) is 9. The Morgan fingerprint density at radius 2 is 1.00 bits per heavy atom. The Kier molecular flexibility index (Phi) is 16.4. The second-order valence-electron chi connectivity index (χ2n) is 16.4. The number of carbonyl (C=O) groups is 2. The van der Waals surface area contributed by atoms with Crippen molar-refractivity contribution in [2.45, 2.75) is 95.4 Å². The highest BCUT2D eigenvalue weighted by Gasteiger charge is 2.54. The van der Waals surface area contributed by atoms with Crippen molar-refractivity contribution in [3.8, 4) is 0 Å². The third-order valence-corrected chi connectivity index (χ3v) is 11.5. The number of carbonyl (C=O) groups excluding carboxylic acids is 2. The summed E-state index contributed by atoms with van der Waals surface area (Å²) >= 11 is 0. The van der Waals surface area contributed by atoms with Gasteiger partial charge in [-0.1, -0.05) is 182 Å². The van der Waals surface area contributed by atoms with Crippen molar-refractivity contribution in [1.82, 2.24) is 4.90 Å². The SMILES string of the molecule is [2H]C(OC[C@H]1OC(O[C@@H]2[C@@H](COCc3ccccc3)N(C(=O)OCc3ccccc3)C[C@H]2OCc2ccccc2)[C@H](OC([2H])c2ccccc2)[C@@H](OC([2H])c2ccccc2)[C@H]1OC(C)=O)c1ccccc1. The van der Waals surface area contributed by atoms with Crippen molar-refractivity contribution in [3.05, 3.63) is 215 Å². The maximum atomic E-state index is 14.4. The van der Waals surface area contributed by atoms with Crippen LogP contribution in [0.15, 0.2) is 182 Å². The van der Waals surface area contributed by atoms with Crippen LogP contribution in [0.2, 0.25) is 0 Å². The Morgan fingerprint density at radius 1 is 0.529 bits per heavy atom. The minimum Gasteiger partial charge on any atom is -0.457 e. The molecule has 1 amide bonds. The number of hydrogen-bond acceptors (Lipinski definition) is 11. The molecule has 0 N–H and O–H groups in total. The predicted octanol–water partition coefficient (Wildman–Crippen LogP) is 9.24. The maximum absolute atomic E-state index is 14.4. The molecular weight excluding hydrogens is 863 g/mol. The van der Waals surface area contributed by atoms with Gasteiger partial charge < -0.3 is 42.6 Å². The molecule has 0 radical (unpaired) electrons. The minimum atomic E-state index is -1.47. The molecule has 6 aromatic rings. The molecule has 354 valence electrons. The summed E-state index contributed by atoms with van der Waals surface area (Å²) in [6, 6.07) is 54.5. The van der Waals surface area contributed by atoms with Crippen LogP contribution in [0.5, 0.6) is 0 Å². The summed E-state index contributed by atoms with van der Waals surface area (Å²) in [7, 11) is 0. The number of amides is 1. The van der Waals surface area contributed by atoms with E-state index in [4.69, 9.17) is 44.0 Å². The zero-order chi connectivity index (χ0) is 49.4. The molecule has 2 heterocycles. The van der Waals surface area contributed by atoms with Gasteiger partial charge in [-0.15, -0.1) is 0 Å². The fraction of sp³-hybridized carbons (Fsp3) is 0.321. The lowest BCUT2D eigenvalue weighted by atomic mass is 9.97. The summed E-state index contributed by atoms with van der Waals surface area (Å²) in [6.45, 7) is -2.54. The van der Waals surface area contributed by atoms with Gasteiger partial charge in [0.05, 0.1) is 62.9 Å². The lowest BCUT2D eigenvalue weighted by Gasteiger charge is -2.46. The maximum Gasteiger partial charge on any atom is 0.410 e. The molecule has 0 spiro atoms. The van der Waals surface area contributed by atoms with Crippen molar-refractivity contribution in [2.75, 3.05) is 19.8 Å². The fourth-order valence-electron chi connectivity index (χ4n) is 8.09. The molecule has 2 aliphatic rings. The average molecular weight is 925 g/mol. The molecule has 0 bridgehead atoms. The van der Waals surface area contributed by atoms with Gasteiger partial charge in [-0.3, -0.25) is 9.69 Å². The Hall–Kier alpha value is -6.22. The van der Waals surface area contributed by atoms with Gasteiger partial charge in [-0.25, -0.2) is 4.79 Å². The highest BCUT2D eigenvalue weighted by atomic mass is 16.7. The van der Waals surface area contributed by atoms with E-state index < -0.39 is 80.8 Å². The molecule has 6 aromatic carbocycles. The first-order valence-corrected chi connectivity index (χ1v) is 22.8. The van der Waals surface area contributed by atoms with Crippen molar-refractivity contribution in [3.63, 3.8) is 0 Å². The van der Waals surface area contributed by atoms with E-state index in [1.54, 1.807) is 77.7 Å². The third kappa shape index (κ3) is 13.9. The van der Waals surface area contributed by atoms with Gasteiger partial charge >= 0.3 is 12.1 Å². The monoisotopic (exact) mass is 924 g/mol. The number of esters is 1. The van der Waals surface area contributed by atoms with E-state index in [9.17, 15) is 12.3 Å². The molecule has 2 fully saturated rings. The molecule has 68 heavy (non-hydrogen) atoms. The summed E-state index contributed by atoms with van der Waals surface area (Å²) in [5.74, 6) is -0.682. The van der Waals surface area contributed by atoms with E-state index in [0.717, 1.165) is 16.7 Å². The molecule has 12 heteroatoms. The van der Waals surface area contributed by atoms with Crippen molar-refractivity contribution >= 4 is 12.1 Å². The summed E-state index contributed by atoms with van der Waals surface area (Å²) < 4.78 is 86.2. The van der Waals surface area contributed by atoms with Crippen LogP contribution in [0.4, 0.5) is 4.79 Å². The lowest BCUT2D eigenvalue weighted by Crippen LogP contribution is -2.63. The molecule has 11 atom stereocenters. The van der Waals surface area contributed by atoms with Gasteiger partial charge in [0.15, 0.2) is 12.4 Å². The van der Waals surface area contributed by atoms with Crippen LogP contribution in [0, 0.1) is 0 Å². The molecule has 12 nitrogen and oxygen atoms in total. The van der Waals surface area contributed by atoms with Gasteiger partial charge in [0, 0.05) is 6.92 Å². The fourth-order valence-corrected chi connectivity index (χ4v) is 8.09. The van der Waals surface area contributed by atoms with Crippen LogP contribution in [0.25, 0.3) is 0 Å². The van der Waals surface area contributed by atoms with Crippen molar-refractivity contribution < 1.29 is 56.3 Å². The molecule has 8 rings (SSSR count). The largest absolute Gasteiger partial charge is 0.457 e. The molecule has 0 saturated carbocycles. The summed E-state index contributed by atoms with van der Waals surface area (Å²) in [5, 5.41) is 0. The third-order valence-electron chi connectivity index (χ3n) is 11.5. The first-order chi connectivity index (χ1) is 34.7. The van der Waals surface area contributed by atoms with Crippen LogP contribution in [-0.4, -0.2) is 85.7 Å². The van der Waals surface area contributed by atoms with E-state index in [2.05, 4.69) is 0 Å². The number of hydrogen-bond donors (Lipinski definition) is 0. The van der Waals surface area contributed by atoms with E-state index >= 15 is 0 Å². The number of nitrogens with zero attached hydrogens (tertiary/aromatic N) is 1. The first-order valence-electron chi connectivity index (χ1n) is 24.5.